The van der Waals surface area contributed by atoms with Crippen LogP contribution in [0.1, 0.15) is 17.2 Å². The SMILES string of the molecule is Cl.N[C@H](c1ccc(C(F)(F)F)cc1F)C(F)(F)C(F)(F)F. The molecule has 0 aromatic heterocycles. The Balaban J connectivity index is 0.00000400. The molecule has 0 bridgehead atoms. The summed E-state index contributed by atoms with van der Waals surface area (Å²) in [7, 11) is 0. The van der Waals surface area contributed by atoms with Crippen molar-refractivity contribution in [3.05, 3.63) is 35.1 Å². The van der Waals surface area contributed by atoms with E-state index in [9.17, 15) is 39.5 Å². The molecular formula is C10H7ClF9N. The normalized spacial score (nSPS) is 14.6. The highest BCUT2D eigenvalue weighted by molar-refractivity contribution is 5.85. The van der Waals surface area contributed by atoms with E-state index >= 15 is 0 Å². The van der Waals surface area contributed by atoms with Crippen LogP contribution in [0.5, 0.6) is 0 Å². The molecule has 1 nitrogen and oxygen atoms in total. The zero-order valence-electron chi connectivity index (χ0n) is 9.70. The number of benzene rings is 1. The third-order valence-electron chi connectivity index (χ3n) is 2.43. The van der Waals surface area contributed by atoms with Gasteiger partial charge in [0.25, 0.3) is 0 Å². The molecule has 1 rings (SSSR count). The lowest BCUT2D eigenvalue weighted by Gasteiger charge is -2.26. The maximum atomic E-state index is 13.3. The minimum absolute atomic E-state index is 0. The number of halogens is 10. The van der Waals surface area contributed by atoms with Crippen LogP contribution in [0.25, 0.3) is 0 Å². The van der Waals surface area contributed by atoms with Crippen molar-refractivity contribution in [1.29, 1.82) is 0 Å². The van der Waals surface area contributed by atoms with E-state index in [2.05, 4.69) is 5.73 Å². The average Bonchev–Trinajstić information content (AvgIpc) is 2.25. The molecule has 0 unspecified atom stereocenters. The van der Waals surface area contributed by atoms with Gasteiger partial charge in [0, 0.05) is 5.56 Å². The summed E-state index contributed by atoms with van der Waals surface area (Å²) in [5, 5.41) is 0. The second kappa shape index (κ2) is 5.91. The Morgan fingerprint density at radius 1 is 0.905 bits per heavy atom. The van der Waals surface area contributed by atoms with Crippen molar-refractivity contribution in [3.63, 3.8) is 0 Å². The summed E-state index contributed by atoms with van der Waals surface area (Å²) in [5.74, 6) is -7.37. The number of hydrogen-bond acceptors (Lipinski definition) is 1. The van der Waals surface area contributed by atoms with Gasteiger partial charge in [-0.25, -0.2) is 4.39 Å². The van der Waals surface area contributed by atoms with Crippen LogP contribution in [-0.4, -0.2) is 12.1 Å². The third-order valence-corrected chi connectivity index (χ3v) is 2.43. The zero-order chi connectivity index (χ0) is 15.9. The van der Waals surface area contributed by atoms with Crippen LogP contribution in [0.2, 0.25) is 0 Å². The van der Waals surface area contributed by atoms with E-state index in [-0.39, 0.29) is 30.6 Å². The van der Waals surface area contributed by atoms with E-state index in [4.69, 9.17) is 0 Å². The van der Waals surface area contributed by atoms with Crippen molar-refractivity contribution in [3.8, 4) is 0 Å². The lowest BCUT2D eigenvalue weighted by atomic mass is 9.99. The molecular weight excluding hydrogens is 341 g/mol. The van der Waals surface area contributed by atoms with Gasteiger partial charge in [0.1, 0.15) is 11.9 Å². The van der Waals surface area contributed by atoms with E-state index in [1.807, 2.05) is 0 Å². The highest BCUT2D eigenvalue weighted by Gasteiger charge is 2.62. The van der Waals surface area contributed by atoms with Gasteiger partial charge in [-0.05, 0) is 12.1 Å². The maximum absolute atomic E-state index is 13.3. The molecule has 0 fully saturated rings. The van der Waals surface area contributed by atoms with Gasteiger partial charge in [0.05, 0.1) is 5.56 Å². The highest BCUT2D eigenvalue weighted by Crippen LogP contribution is 2.44. The molecule has 2 N–H and O–H groups in total. The van der Waals surface area contributed by atoms with Crippen molar-refractivity contribution in [2.24, 2.45) is 5.73 Å². The fraction of sp³-hybridized carbons (Fsp3) is 0.400. The highest BCUT2D eigenvalue weighted by atomic mass is 35.5. The summed E-state index contributed by atoms with van der Waals surface area (Å²) in [6, 6.07) is -3.01. The van der Waals surface area contributed by atoms with Gasteiger partial charge >= 0.3 is 18.3 Å². The molecule has 21 heavy (non-hydrogen) atoms. The fourth-order valence-electron chi connectivity index (χ4n) is 1.33. The minimum Gasteiger partial charge on any atom is -0.319 e. The van der Waals surface area contributed by atoms with Crippen LogP contribution in [0, 0.1) is 5.82 Å². The molecule has 0 radical (unpaired) electrons. The largest absolute Gasteiger partial charge is 0.455 e. The summed E-state index contributed by atoms with van der Waals surface area (Å²) in [6.45, 7) is 0. The van der Waals surface area contributed by atoms with Gasteiger partial charge in [-0.2, -0.15) is 35.1 Å². The van der Waals surface area contributed by atoms with E-state index in [1.165, 1.54) is 0 Å². The second-order valence-electron chi connectivity index (χ2n) is 3.83. The Hall–Kier alpha value is -1.16. The van der Waals surface area contributed by atoms with Gasteiger partial charge in [-0.1, -0.05) is 6.07 Å². The lowest BCUT2D eigenvalue weighted by Crippen LogP contribution is -2.46. The smallest absolute Gasteiger partial charge is 0.319 e. The molecule has 0 saturated carbocycles. The molecule has 0 aliphatic rings. The first-order valence-corrected chi connectivity index (χ1v) is 4.85. The lowest BCUT2D eigenvalue weighted by molar-refractivity contribution is -0.291. The molecule has 0 amide bonds. The van der Waals surface area contributed by atoms with Gasteiger partial charge in [-0.15, -0.1) is 12.4 Å². The van der Waals surface area contributed by atoms with Crippen molar-refractivity contribution >= 4 is 12.4 Å². The molecule has 0 saturated heterocycles. The Kier molecular flexibility index (Phi) is 5.59. The molecule has 0 spiro atoms. The number of hydrogen-bond donors (Lipinski definition) is 1. The number of rotatable bonds is 2. The molecule has 11 heteroatoms. The predicted octanol–water partition coefficient (Wildman–Crippen LogP) is 4.46. The van der Waals surface area contributed by atoms with Crippen LogP contribution in [0.3, 0.4) is 0 Å². The van der Waals surface area contributed by atoms with Crippen LogP contribution < -0.4 is 5.73 Å². The zero-order valence-corrected chi connectivity index (χ0v) is 10.5. The first-order valence-electron chi connectivity index (χ1n) is 4.85. The maximum Gasteiger partial charge on any atom is 0.455 e. The first kappa shape index (κ1) is 19.8. The molecule has 0 aliphatic carbocycles. The summed E-state index contributed by atoms with van der Waals surface area (Å²) < 4.78 is 112. The van der Waals surface area contributed by atoms with Crippen LogP contribution >= 0.6 is 12.4 Å². The van der Waals surface area contributed by atoms with E-state index in [1.54, 1.807) is 0 Å². The molecule has 1 aromatic rings. The van der Waals surface area contributed by atoms with Gasteiger partial charge in [-0.3, -0.25) is 0 Å². The second-order valence-corrected chi connectivity index (χ2v) is 3.83. The van der Waals surface area contributed by atoms with Crippen LogP contribution in [0.4, 0.5) is 39.5 Å². The predicted molar refractivity (Wildman–Crippen MR) is 56.6 cm³/mol. The van der Waals surface area contributed by atoms with Gasteiger partial charge in [0.2, 0.25) is 0 Å². The molecule has 122 valence electrons. The summed E-state index contributed by atoms with van der Waals surface area (Å²) in [4.78, 5) is 0. The van der Waals surface area contributed by atoms with Gasteiger partial charge < -0.3 is 5.73 Å². The van der Waals surface area contributed by atoms with E-state index in [0.717, 1.165) is 0 Å². The molecule has 0 aliphatic heterocycles. The quantitative estimate of drug-likeness (QED) is 0.785. The molecule has 1 atom stereocenters. The van der Waals surface area contributed by atoms with Crippen molar-refractivity contribution < 1.29 is 39.5 Å². The Morgan fingerprint density at radius 3 is 1.71 bits per heavy atom. The van der Waals surface area contributed by atoms with Crippen LogP contribution in [0.15, 0.2) is 18.2 Å². The average molecular weight is 348 g/mol. The van der Waals surface area contributed by atoms with E-state index in [0.29, 0.717) is 0 Å². The summed E-state index contributed by atoms with van der Waals surface area (Å²) in [6.07, 6.45) is -11.0. The van der Waals surface area contributed by atoms with Crippen LogP contribution in [-0.2, 0) is 6.18 Å². The van der Waals surface area contributed by atoms with Crippen molar-refractivity contribution in [2.75, 3.05) is 0 Å². The third kappa shape index (κ3) is 3.94. The summed E-state index contributed by atoms with van der Waals surface area (Å²) in [5.41, 5.74) is 1.74. The number of nitrogens with two attached hydrogens (primary N) is 1. The summed E-state index contributed by atoms with van der Waals surface area (Å²) >= 11 is 0. The Labute approximate surface area is 118 Å². The first-order chi connectivity index (χ1) is 8.78. The van der Waals surface area contributed by atoms with E-state index < -0.39 is 41.3 Å². The number of alkyl halides is 8. The minimum atomic E-state index is -6.05. The molecule has 0 heterocycles. The molecule has 1 aromatic carbocycles. The Morgan fingerprint density at radius 2 is 1.38 bits per heavy atom. The Bertz CT molecular complexity index is 494. The van der Waals surface area contributed by atoms with Crippen molar-refractivity contribution in [2.45, 2.75) is 24.3 Å². The standard InChI is InChI=1S/C10H6F9N.ClH/c11-6-3-4(9(14,15)16)1-2-5(6)7(20)8(12,13)10(17,18)19;/h1-3,7H,20H2;1H/t7-;/m1./s1. The fourth-order valence-corrected chi connectivity index (χ4v) is 1.33. The van der Waals surface area contributed by atoms with Crippen molar-refractivity contribution in [1.82, 2.24) is 0 Å². The topological polar surface area (TPSA) is 26.0 Å². The monoisotopic (exact) mass is 347 g/mol. The van der Waals surface area contributed by atoms with Gasteiger partial charge in [0.15, 0.2) is 0 Å².